The van der Waals surface area contributed by atoms with Gasteiger partial charge < -0.3 is 10.5 Å². The number of nitrogen functional groups attached to an aromatic ring is 1. The fourth-order valence-corrected chi connectivity index (χ4v) is 0.980. The number of alkyl halides is 2. The van der Waals surface area contributed by atoms with Crippen LogP contribution in [0, 0.1) is 10.1 Å². The zero-order chi connectivity index (χ0) is 11.6. The standard InChI is InChI=1S/C7H7F2N3O3/c1-15-4-2-3(12(13)14)7(10)11-5(4)6(8)9/h2,6H,1H3,(H2,10,11). The maximum absolute atomic E-state index is 12.4. The summed E-state index contributed by atoms with van der Waals surface area (Å²) < 4.78 is 29.3. The van der Waals surface area contributed by atoms with E-state index in [4.69, 9.17) is 5.73 Å². The van der Waals surface area contributed by atoms with Crippen LogP contribution in [0.1, 0.15) is 12.1 Å². The molecule has 82 valence electrons. The molecule has 0 spiro atoms. The number of nitrogens with zero attached hydrogens (tertiary/aromatic N) is 2. The minimum atomic E-state index is -2.90. The van der Waals surface area contributed by atoms with Crippen molar-refractivity contribution in [1.82, 2.24) is 4.98 Å². The second-order valence-electron chi connectivity index (χ2n) is 2.54. The highest BCUT2D eigenvalue weighted by molar-refractivity contribution is 5.57. The van der Waals surface area contributed by atoms with Gasteiger partial charge in [-0.3, -0.25) is 10.1 Å². The van der Waals surface area contributed by atoms with Crippen LogP contribution in [0.5, 0.6) is 5.75 Å². The van der Waals surface area contributed by atoms with Gasteiger partial charge >= 0.3 is 5.69 Å². The van der Waals surface area contributed by atoms with Gasteiger partial charge in [0.05, 0.1) is 18.1 Å². The number of hydrogen-bond donors (Lipinski definition) is 1. The summed E-state index contributed by atoms with van der Waals surface area (Å²) in [5.41, 5.74) is 3.88. The van der Waals surface area contributed by atoms with Crippen molar-refractivity contribution in [3.63, 3.8) is 0 Å². The zero-order valence-corrected chi connectivity index (χ0v) is 7.61. The lowest BCUT2D eigenvalue weighted by Crippen LogP contribution is -2.04. The van der Waals surface area contributed by atoms with Gasteiger partial charge in [0.2, 0.25) is 5.82 Å². The molecule has 0 fully saturated rings. The van der Waals surface area contributed by atoms with E-state index < -0.39 is 28.5 Å². The third kappa shape index (κ3) is 2.09. The molecule has 0 aliphatic carbocycles. The number of aromatic nitrogens is 1. The molecule has 0 aliphatic heterocycles. The first-order valence-corrected chi connectivity index (χ1v) is 3.74. The third-order valence-corrected chi connectivity index (χ3v) is 1.65. The summed E-state index contributed by atoms with van der Waals surface area (Å²) in [5.74, 6) is -0.915. The molecule has 1 heterocycles. The van der Waals surface area contributed by atoms with E-state index in [2.05, 4.69) is 9.72 Å². The minimum Gasteiger partial charge on any atom is -0.494 e. The predicted octanol–water partition coefficient (Wildman–Crippen LogP) is 1.52. The Kier molecular flexibility index (Phi) is 2.98. The number of anilines is 1. The van der Waals surface area contributed by atoms with E-state index in [1.807, 2.05) is 0 Å². The van der Waals surface area contributed by atoms with Gasteiger partial charge in [-0.2, -0.15) is 0 Å². The summed E-state index contributed by atoms with van der Waals surface area (Å²) in [6.45, 7) is 0. The lowest BCUT2D eigenvalue weighted by molar-refractivity contribution is -0.384. The van der Waals surface area contributed by atoms with Crippen molar-refractivity contribution in [2.24, 2.45) is 0 Å². The first kappa shape index (κ1) is 11.1. The number of halogens is 2. The van der Waals surface area contributed by atoms with Crippen molar-refractivity contribution in [2.75, 3.05) is 12.8 Å². The molecule has 2 N–H and O–H groups in total. The van der Waals surface area contributed by atoms with Gasteiger partial charge in [0, 0.05) is 0 Å². The molecule has 0 saturated heterocycles. The molecule has 0 saturated carbocycles. The van der Waals surface area contributed by atoms with Crippen molar-refractivity contribution in [3.8, 4) is 5.75 Å². The number of pyridine rings is 1. The van der Waals surface area contributed by atoms with E-state index in [9.17, 15) is 18.9 Å². The van der Waals surface area contributed by atoms with E-state index in [0.29, 0.717) is 0 Å². The van der Waals surface area contributed by atoms with Crippen molar-refractivity contribution in [1.29, 1.82) is 0 Å². The predicted molar refractivity (Wildman–Crippen MR) is 46.8 cm³/mol. The summed E-state index contributed by atoms with van der Waals surface area (Å²) in [5, 5.41) is 10.4. The van der Waals surface area contributed by atoms with Crippen LogP contribution in [-0.4, -0.2) is 17.0 Å². The fourth-order valence-electron chi connectivity index (χ4n) is 0.980. The highest BCUT2D eigenvalue weighted by Crippen LogP contribution is 2.33. The van der Waals surface area contributed by atoms with Crippen LogP contribution in [0.3, 0.4) is 0 Å². The number of hydrogen-bond acceptors (Lipinski definition) is 5. The highest BCUT2D eigenvalue weighted by atomic mass is 19.3. The Hall–Kier alpha value is -1.99. The number of nitro groups is 1. The topological polar surface area (TPSA) is 91.3 Å². The third-order valence-electron chi connectivity index (χ3n) is 1.65. The van der Waals surface area contributed by atoms with E-state index in [0.717, 1.165) is 13.2 Å². The number of ether oxygens (including phenoxy) is 1. The maximum Gasteiger partial charge on any atom is 0.314 e. The van der Waals surface area contributed by atoms with Gasteiger partial charge in [0.1, 0.15) is 0 Å². The van der Waals surface area contributed by atoms with Crippen LogP contribution in [-0.2, 0) is 0 Å². The second-order valence-corrected chi connectivity index (χ2v) is 2.54. The molecule has 0 unspecified atom stereocenters. The molecule has 0 aliphatic rings. The summed E-state index contributed by atoms with van der Waals surface area (Å²) in [6.07, 6.45) is -2.90. The molecule has 1 aromatic rings. The Morgan fingerprint density at radius 3 is 2.67 bits per heavy atom. The largest absolute Gasteiger partial charge is 0.494 e. The SMILES string of the molecule is COc1cc([N+](=O)[O-])c(N)nc1C(F)F. The smallest absolute Gasteiger partial charge is 0.314 e. The van der Waals surface area contributed by atoms with Gasteiger partial charge in [0.15, 0.2) is 11.4 Å². The maximum atomic E-state index is 12.4. The van der Waals surface area contributed by atoms with Crippen LogP contribution < -0.4 is 10.5 Å². The lowest BCUT2D eigenvalue weighted by atomic mass is 10.3. The van der Waals surface area contributed by atoms with Crippen molar-refractivity contribution >= 4 is 11.5 Å². The Balaban J connectivity index is 3.35. The number of rotatable bonds is 3. The average Bonchev–Trinajstić information content (AvgIpc) is 2.16. The average molecular weight is 219 g/mol. The van der Waals surface area contributed by atoms with Gasteiger partial charge in [-0.1, -0.05) is 0 Å². The molecule has 0 atom stereocenters. The van der Waals surface area contributed by atoms with Crippen molar-refractivity contribution < 1.29 is 18.4 Å². The molecular formula is C7H7F2N3O3. The molecule has 15 heavy (non-hydrogen) atoms. The molecule has 0 bridgehead atoms. The van der Waals surface area contributed by atoms with Crippen LogP contribution in [0.15, 0.2) is 6.07 Å². The first-order valence-electron chi connectivity index (χ1n) is 3.74. The summed E-state index contributed by atoms with van der Waals surface area (Å²) in [6, 6.07) is 0.823. The molecule has 0 amide bonds. The van der Waals surface area contributed by atoms with Gasteiger partial charge in [0.25, 0.3) is 6.43 Å². The van der Waals surface area contributed by atoms with Crippen LogP contribution in [0.2, 0.25) is 0 Å². The van der Waals surface area contributed by atoms with Gasteiger partial charge in [-0.25, -0.2) is 13.8 Å². The van der Waals surface area contributed by atoms with Gasteiger partial charge in [-0.15, -0.1) is 0 Å². The molecule has 1 aromatic heterocycles. The number of nitrogens with two attached hydrogens (primary N) is 1. The quantitative estimate of drug-likeness (QED) is 0.614. The summed E-state index contributed by atoms with van der Waals surface area (Å²) in [7, 11) is 1.11. The van der Waals surface area contributed by atoms with Gasteiger partial charge in [-0.05, 0) is 0 Å². The molecular weight excluding hydrogens is 212 g/mol. The van der Waals surface area contributed by atoms with E-state index in [-0.39, 0.29) is 5.75 Å². The van der Waals surface area contributed by atoms with E-state index >= 15 is 0 Å². The Morgan fingerprint density at radius 1 is 1.67 bits per heavy atom. The molecule has 1 rings (SSSR count). The zero-order valence-electron chi connectivity index (χ0n) is 7.61. The Morgan fingerprint density at radius 2 is 2.27 bits per heavy atom. The van der Waals surface area contributed by atoms with Crippen LogP contribution >= 0.6 is 0 Å². The fraction of sp³-hybridized carbons (Fsp3) is 0.286. The Labute approximate surface area is 82.8 Å². The molecule has 8 heteroatoms. The van der Waals surface area contributed by atoms with Crippen molar-refractivity contribution in [3.05, 3.63) is 21.9 Å². The molecule has 0 aromatic carbocycles. The Bertz CT molecular complexity index is 397. The monoisotopic (exact) mass is 219 g/mol. The lowest BCUT2D eigenvalue weighted by Gasteiger charge is -2.07. The first-order chi connectivity index (χ1) is 6.97. The van der Waals surface area contributed by atoms with Crippen molar-refractivity contribution in [2.45, 2.75) is 6.43 Å². The normalized spacial score (nSPS) is 10.4. The van der Waals surface area contributed by atoms with Crippen LogP contribution in [0.4, 0.5) is 20.3 Å². The summed E-state index contributed by atoms with van der Waals surface area (Å²) in [4.78, 5) is 12.8. The van der Waals surface area contributed by atoms with Crippen LogP contribution in [0.25, 0.3) is 0 Å². The molecule has 0 radical (unpaired) electrons. The molecule has 6 nitrogen and oxygen atoms in total. The summed E-state index contributed by atoms with van der Waals surface area (Å²) >= 11 is 0. The minimum absolute atomic E-state index is 0.356. The second kappa shape index (κ2) is 4.03. The number of methoxy groups -OCH3 is 1. The van der Waals surface area contributed by atoms with E-state index in [1.54, 1.807) is 0 Å². The van der Waals surface area contributed by atoms with E-state index in [1.165, 1.54) is 0 Å². The highest BCUT2D eigenvalue weighted by Gasteiger charge is 2.23.